The Morgan fingerprint density at radius 1 is 0.429 bits per heavy atom. The molecule has 2 aliphatic carbocycles. The molecular weight excluding hydrogens is 299 g/mol. The van der Waals surface area contributed by atoms with Gasteiger partial charge >= 0.3 is 0 Å². The van der Waals surface area contributed by atoms with Crippen LogP contribution in [-0.2, 0) is 16.8 Å². The van der Waals surface area contributed by atoms with Gasteiger partial charge in [0, 0.05) is 16.8 Å². The minimum absolute atomic E-state index is 0. The molecule has 2 rings (SSSR count). The van der Waals surface area contributed by atoms with E-state index in [0.29, 0.717) is 11.8 Å². The third-order valence-electron chi connectivity index (χ3n) is 6.09. The van der Waals surface area contributed by atoms with E-state index in [1.807, 2.05) is 0 Å². The van der Waals surface area contributed by atoms with Crippen molar-refractivity contribution in [3.05, 3.63) is 44.6 Å². The van der Waals surface area contributed by atoms with Gasteiger partial charge in [0.05, 0.1) is 0 Å². The van der Waals surface area contributed by atoms with Crippen LogP contribution in [0.15, 0.2) is 44.6 Å². The zero-order valence-electron chi connectivity index (χ0n) is 15.5. The van der Waals surface area contributed by atoms with Gasteiger partial charge in [-0.1, -0.05) is 36.1 Å². The number of hydrogen-bond acceptors (Lipinski definition) is 0. The monoisotopic (exact) mass is 331 g/mol. The molecule has 0 atom stereocenters. The largest absolute Gasteiger partial charge is 0.0632 e. The van der Waals surface area contributed by atoms with E-state index in [1.165, 1.54) is 22.3 Å². The Kier molecular flexibility index (Phi) is 7.45. The topological polar surface area (TPSA) is 0 Å². The first kappa shape index (κ1) is 20.5. The molecule has 0 bridgehead atoms. The summed E-state index contributed by atoms with van der Waals surface area (Å²) >= 11 is 0. The van der Waals surface area contributed by atoms with Crippen molar-refractivity contribution >= 4 is 0 Å². The second-order valence-corrected chi connectivity index (χ2v) is 6.68. The van der Waals surface area contributed by atoms with E-state index >= 15 is 0 Å². The molecule has 0 aromatic carbocycles. The molecule has 0 saturated carbocycles. The van der Waals surface area contributed by atoms with Gasteiger partial charge in [0.25, 0.3) is 0 Å². The number of hydrogen-bond donors (Lipinski definition) is 0. The number of allylic oxidation sites excluding steroid dienone is 8. The van der Waals surface area contributed by atoms with Crippen LogP contribution in [0.1, 0.15) is 69.2 Å². The third-order valence-corrected chi connectivity index (χ3v) is 6.09. The maximum atomic E-state index is 2.28. The molecule has 1 heteroatoms. The molecule has 21 heavy (non-hydrogen) atoms. The van der Waals surface area contributed by atoms with Crippen molar-refractivity contribution in [1.82, 2.24) is 0 Å². The fourth-order valence-corrected chi connectivity index (χ4v) is 3.13. The fourth-order valence-electron chi connectivity index (χ4n) is 3.13. The van der Waals surface area contributed by atoms with Crippen LogP contribution in [0, 0.1) is 11.8 Å². The van der Waals surface area contributed by atoms with Crippen LogP contribution in [0.5, 0.6) is 0 Å². The normalized spacial score (nSPS) is 20.3. The molecule has 0 aromatic rings. The Labute approximate surface area is 142 Å². The smallest absolute Gasteiger partial charge is 0 e. The molecule has 0 saturated heterocycles. The molecule has 0 aliphatic heterocycles. The summed E-state index contributed by atoms with van der Waals surface area (Å²) in [7, 11) is 0. The van der Waals surface area contributed by atoms with Crippen molar-refractivity contribution in [2.24, 2.45) is 11.8 Å². The van der Waals surface area contributed by atoms with Gasteiger partial charge in [0.2, 0.25) is 0 Å². The van der Waals surface area contributed by atoms with Crippen molar-refractivity contribution in [3.63, 3.8) is 0 Å². The summed E-state index contributed by atoms with van der Waals surface area (Å²) < 4.78 is 0. The molecule has 121 valence electrons. The van der Waals surface area contributed by atoms with E-state index < -0.39 is 0 Å². The van der Waals surface area contributed by atoms with Crippen LogP contribution in [0.25, 0.3) is 0 Å². The minimum atomic E-state index is 0. The van der Waals surface area contributed by atoms with Crippen LogP contribution in [0.3, 0.4) is 0 Å². The Morgan fingerprint density at radius 2 is 0.571 bits per heavy atom. The molecule has 0 fully saturated rings. The molecule has 0 aromatic heterocycles. The van der Waals surface area contributed by atoms with Crippen molar-refractivity contribution in [2.45, 2.75) is 69.2 Å². The van der Waals surface area contributed by atoms with Gasteiger partial charge in [-0.25, -0.2) is 0 Å². The summed E-state index contributed by atoms with van der Waals surface area (Å²) in [5.74, 6) is 1.39. The van der Waals surface area contributed by atoms with Crippen molar-refractivity contribution in [2.75, 3.05) is 0 Å². The van der Waals surface area contributed by atoms with Crippen molar-refractivity contribution in [1.29, 1.82) is 0 Å². The molecule has 0 heterocycles. The van der Waals surface area contributed by atoms with Crippen molar-refractivity contribution in [3.8, 4) is 0 Å². The molecule has 0 unspecified atom stereocenters. The van der Waals surface area contributed by atoms with E-state index in [-0.39, 0.29) is 16.8 Å². The van der Waals surface area contributed by atoms with Gasteiger partial charge < -0.3 is 0 Å². The van der Waals surface area contributed by atoms with Crippen LogP contribution in [-0.4, -0.2) is 0 Å². The second kappa shape index (κ2) is 7.65. The maximum absolute atomic E-state index is 2.28. The molecule has 2 aliphatic rings. The Hall–Kier alpha value is -0.534. The summed E-state index contributed by atoms with van der Waals surface area (Å²) in [6.07, 6.45) is 0. The Balaban J connectivity index is 0.000000364. The third kappa shape index (κ3) is 3.81. The van der Waals surface area contributed by atoms with Gasteiger partial charge in [-0.3, -0.25) is 0 Å². The first-order valence-electron chi connectivity index (χ1n) is 7.81. The van der Waals surface area contributed by atoms with Gasteiger partial charge in [0.15, 0.2) is 0 Å². The SMILES string of the molecule is CC1=C(C)C(C)C(C)=C1C.CC1=C(C)C(C)C(C)=C1C.[Co]. The molecule has 0 N–H and O–H groups in total. The summed E-state index contributed by atoms with van der Waals surface area (Å²) in [6, 6.07) is 0. The summed E-state index contributed by atoms with van der Waals surface area (Å²) in [5.41, 5.74) is 12.2. The van der Waals surface area contributed by atoms with E-state index in [1.54, 1.807) is 22.3 Å². The van der Waals surface area contributed by atoms with Crippen LogP contribution in [0.4, 0.5) is 0 Å². The summed E-state index contributed by atoms with van der Waals surface area (Å²) in [5, 5.41) is 0. The van der Waals surface area contributed by atoms with Gasteiger partial charge in [-0.05, 0) is 89.5 Å². The van der Waals surface area contributed by atoms with Crippen LogP contribution in [0.2, 0.25) is 0 Å². The maximum Gasteiger partial charge on any atom is 0 e. The standard InChI is InChI=1S/2C10H16.Co/c2*1-6-7(2)9(4)10(5)8(6)3;/h2*6H,1-5H3;. The predicted octanol–water partition coefficient (Wildman–Crippen LogP) is 6.62. The van der Waals surface area contributed by atoms with Crippen LogP contribution < -0.4 is 0 Å². The van der Waals surface area contributed by atoms with Crippen LogP contribution >= 0.6 is 0 Å². The zero-order chi connectivity index (χ0) is 15.8. The second-order valence-electron chi connectivity index (χ2n) is 6.68. The molecule has 0 nitrogen and oxygen atoms in total. The van der Waals surface area contributed by atoms with Gasteiger partial charge in [-0.15, -0.1) is 0 Å². The summed E-state index contributed by atoms with van der Waals surface area (Å²) in [4.78, 5) is 0. The van der Waals surface area contributed by atoms with E-state index in [4.69, 9.17) is 0 Å². The molecule has 0 spiro atoms. The quantitative estimate of drug-likeness (QED) is 0.468. The average molecular weight is 331 g/mol. The summed E-state index contributed by atoms with van der Waals surface area (Å²) in [6.45, 7) is 22.4. The Bertz CT molecular complexity index is 440. The van der Waals surface area contributed by atoms with Crippen molar-refractivity contribution < 1.29 is 16.8 Å². The molecule has 0 amide bonds. The molecule has 1 radical (unpaired) electrons. The first-order chi connectivity index (χ1) is 9.11. The first-order valence-corrected chi connectivity index (χ1v) is 7.81. The average Bonchev–Trinajstić information content (AvgIpc) is 2.71. The van der Waals surface area contributed by atoms with E-state index in [0.717, 1.165) is 0 Å². The van der Waals surface area contributed by atoms with E-state index in [2.05, 4.69) is 69.2 Å². The number of rotatable bonds is 0. The Morgan fingerprint density at radius 3 is 0.619 bits per heavy atom. The van der Waals surface area contributed by atoms with Gasteiger partial charge in [-0.2, -0.15) is 0 Å². The van der Waals surface area contributed by atoms with E-state index in [9.17, 15) is 0 Å². The molecular formula is C20H32Co. The van der Waals surface area contributed by atoms with Gasteiger partial charge in [0.1, 0.15) is 0 Å². The fraction of sp³-hybridized carbons (Fsp3) is 0.600. The minimum Gasteiger partial charge on any atom is -0.0632 e. The zero-order valence-corrected chi connectivity index (χ0v) is 16.5. The predicted molar refractivity (Wildman–Crippen MR) is 91.8 cm³/mol.